The molecule has 0 aliphatic carbocycles. The third-order valence-corrected chi connectivity index (χ3v) is 5.92. The van der Waals surface area contributed by atoms with Crippen molar-refractivity contribution < 1.29 is 0 Å². The molecule has 1 atom stereocenters. The van der Waals surface area contributed by atoms with Gasteiger partial charge in [0, 0.05) is 9.75 Å². The molecule has 2 heteroatoms. The molecule has 0 nitrogen and oxygen atoms in total. The minimum atomic E-state index is 0.249. The summed E-state index contributed by atoms with van der Waals surface area (Å²) in [7, 11) is 0. The summed E-state index contributed by atoms with van der Waals surface area (Å²) < 4.78 is 0. The number of hydrogen-bond donors (Lipinski definition) is 0. The second-order valence-corrected chi connectivity index (χ2v) is 8.33. The Morgan fingerprint density at radius 2 is 1.89 bits per heavy atom. The molecule has 102 valence electrons. The van der Waals surface area contributed by atoms with Crippen LogP contribution in [-0.2, 0) is 11.8 Å². The molecule has 2 rings (SSSR count). The number of rotatable bonds is 3. The van der Waals surface area contributed by atoms with Gasteiger partial charge in [0.05, 0.1) is 4.83 Å². The van der Waals surface area contributed by atoms with Crippen LogP contribution in [0.4, 0.5) is 0 Å². The highest BCUT2D eigenvalue weighted by molar-refractivity contribution is 9.09. The summed E-state index contributed by atoms with van der Waals surface area (Å²) >= 11 is 5.76. The van der Waals surface area contributed by atoms with E-state index in [1.165, 1.54) is 20.9 Å². The van der Waals surface area contributed by atoms with Crippen molar-refractivity contribution in [3.63, 3.8) is 0 Å². The van der Waals surface area contributed by atoms with Crippen molar-refractivity contribution in [1.29, 1.82) is 0 Å². The maximum absolute atomic E-state index is 3.84. The lowest BCUT2D eigenvalue weighted by molar-refractivity contribution is 0.604. The first-order valence-electron chi connectivity index (χ1n) is 6.66. The molecule has 19 heavy (non-hydrogen) atoms. The fourth-order valence-electron chi connectivity index (χ4n) is 2.07. The second-order valence-electron chi connectivity index (χ2n) is 6.11. The van der Waals surface area contributed by atoms with Crippen molar-refractivity contribution in [3.8, 4) is 0 Å². The zero-order valence-electron chi connectivity index (χ0n) is 12.0. The predicted octanol–water partition coefficient (Wildman–Crippen LogP) is 6.03. The first-order chi connectivity index (χ1) is 8.86. The molecule has 0 amide bonds. The van der Waals surface area contributed by atoms with Crippen molar-refractivity contribution in [2.24, 2.45) is 0 Å². The van der Waals surface area contributed by atoms with Crippen LogP contribution in [0.25, 0.3) is 0 Å². The SMILES string of the molecule is Cc1cccc(CC(Br)c2ccc(C(C)(C)C)s2)c1. The van der Waals surface area contributed by atoms with Crippen LogP contribution < -0.4 is 0 Å². The Morgan fingerprint density at radius 1 is 1.16 bits per heavy atom. The quantitative estimate of drug-likeness (QED) is 0.600. The first kappa shape index (κ1) is 14.8. The van der Waals surface area contributed by atoms with E-state index in [9.17, 15) is 0 Å². The highest BCUT2D eigenvalue weighted by Crippen LogP contribution is 2.36. The fraction of sp³-hybridized carbons (Fsp3) is 0.412. The van der Waals surface area contributed by atoms with Crippen molar-refractivity contribution in [3.05, 3.63) is 57.3 Å². The lowest BCUT2D eigenvalue weighted by Crippen LogP contribution is -2.07. The molecular formula is C17H21BrS. The van der Waals surface area contributed by atoms with Crippen molar-refractivity contribution >= 4 is 27.3 Å². The van der Waals surface area contributed by atoms with Crippen LogP contribution >= 0.6 is 27.3 Å². The van der Waals surface area contributed by atoms with E-state index in [0.717, 1.165) is 6.42 Å². The number of benzene rings is 1. The summed E-state index contributed by atoms with van der Waals surface area (Å²) in [6.07, 6.45) is 1.05. The second kappa shape index (κ2) is 5.80. The third-order valence-electron chi connectivity index (χ3n) is 3.17. The van der Waals surface area contributed by atoms with Gasteiger partial charge in [0.15, 0.2) is 0 Å². The van der Waals surface area contributed by atoms with Gasteiger partial charge in [0.2, 0.25) is 0 Å². The molecule has 0 spiro atoms. The Kier molecular flexibility index (Phi) is 4.52. The number of hydrogen-bond acceptors (Lipinski definition) is 1. The van der Waals surface area contributed by atoms with Crippen LogP contribution in [0.1, 0.15) is 46.5 Å². The number of alkyl halides is 1. The topological polar surface area (TPSA) is 0 Å². The molecule has 0 saturated carbocycles. The zero-order chi connectivity index (χ0) is 14.0. The molecule has 0 saturated heterocycles. The molecule has 1 heterocycles. The van der Waals surface area contributed by atoms with Gasteiger partial charge in [-0.2, -0.15) is 0 Å². The van der Waals surface area contributed by atoms with Gasteiger partial charge in [-0.05, 0) is 36.5 Å². The van der Waals surface area contributed by atoms with Crippen LogP contribution in [0.5, 0.6) is 0 Å². The van der Waals surface area contributed by atoms with Crippen LogP contribution in [-0.4, -0.2) is 0 Å². The maximum atomic E-state index is 3.84. The zero-order valence-corrected chi connectivity index (χ0v) is 14.4. The average molecular weight is 337 g/mol. The first-order valence-corrected chi connectivity index (χ1v) is 8.39. The van der Waals surface area contributed by atoms with Gasteiger partial charge in [-0.3, -0.25) is 0 Å². The molecule has 0 aliphatic heterocycles. The van der Waals surface area contributed by atoms with Gasteiger partial charge in [-0.25, -0.2) is 0 Å². The summed E-state index contributed by atoms with van der Waals surface area (Å²) in [5.74, 6) is 0. The smallest absolute Gasteiger partial charge is 0.0529 e. The van der Waals surface area contributed by atoms with Gasteiger partial charge >= 0.3 is 0 Å². The normalized spacial score (nSPS) is 13.5. The lowest BCUT2D eigenvalue weighted by Gasteiger charge is -2.15. The Labute approximate surface area is 129 Å². The molecule has 1 unspecified atom stereocenters. The maximum Gasteiger partial charge on any atom is 0.0529 e. The van der Waals surface area contributed by atoms with E-state index in [4.69, 9.17) is 0 Å². The van der Waals surface area contributed by atoms with Gasteiger partial charge in [-0.1, -0.05) is 66.5 Å². The van der Waals surface area contributed by atoms with Crippen LogP contribution in [0, 0.1) is 6.92 Å². The van der Waals surface area contributed by atoms with Gasteiger partial charge in [-0.15, -0.1) is 11.3 Å². The molecule has 0 aliphatic rings. The standard InChI is InChI=1S/C17H21BrS/c1-12-6-5-7-13(10-12)11-14(18)15-8-9-16(19-15)17(2,3)4/h5-10,14H,11H2,1-4H3. The Bertz CT molecular complexity index is 548. The fourth-order valence-corrected chi connectivity index (χ4v) is 3.92. The molecule has 0 fully saturated rings. The highest BCUT2D eigenvalue weighted by atomic mass is 79.9. The monoisotopic (exact) mass is 336 g/mol. The van der Waals surface area contributed by atoms with Crippen molar-refractivity contribution in [2.75, 3.05) is 0 Å². The van der Waals surface area contributed by atoms with Gasteiger partial charge in [0.25, 0.3) is 0 Å². The summed E-state index contributed by atoms with van der Waals surface area (Å²) in [4.78, 5) is 3.29. The van der Waals surface area contributed by atoms with Gasteiger partial charge in [0.1, 0.15) is 0 Å². The molecule has 0 radical (unpaired) electrons. The molecule has 1 aromatic carbocycles. The number of aryl methyl sites for hydroxylation is 1. The number of thiophene rings is 1. The van der Waals surface area contributed by atoms with E-state index in [2.05, 4.69) is 80.0 Å². The molecule has 2 aromatic rings. The van der Waals surface area contributed by atoms with Crippen LogP contribution in [0.15, 0.2) is 36.4 Å². The van der Waals surface area contributed by atoms with E-state index < -0.39 is 0 Å². The Morgan fingerprint density at radius 3 is 2.47 bits per heavy atom. The summed E-state index contributed by atoms with van der Waals surface area (Å²) in [5, 5.41) is 0. The van der Waals surface area contributed by atoms with E-state index in [1.807, 2.05) is 11.3 Å². The van der Waals surface area contributed by atoms with Crippen molar-refractivity contribution in [2.45, 2.75) is 44.4 Å². The Balaban J connectivity index is 2.12. The van der Waals surface area contributed by atoms with Crippen LogP contribution in [0.2, 0.25) is 0 Å². The summed E-state index contributed by atoms with van der Waals surface area (Å²) in [5.41, 5.74) is 2.98. The largest absolute Gasteiger partial charge is 0.144 e. The average Bonchev–Trinajstić information content (AvgIpc) is 2.77. The van der Waals surface area contributed by atoms with E-state index in [0.29, 0.717) is 4.83 Å². The minimum Gasteiger partial charge on any atom is -0.144 e. The molecule has 1 aromatic heterocycles. The van der Waals surface area contributed by atoms with E-state index in [-0.39, 0.29) is 5.41 Å². The van der Waals surface area contributed by atoms with Crippen molar-refractivity contribution in [1.82, 2.24) is 0 Å². The number of halogens is 1. The summed E-state index contributed by atoms with van der Waals surface area (Å²) in [6, 6.07) is 13.3. The lowest BCUT2D eigenvalue weighted by atomic mass is 9.95. The highest BCUT2D eigenvalue weighted by Gasteiger charge is 2.18. The molecular weight excluding hydrogens is 316 g/mol. The van der Waals surface area contributed by atoms with Crippen LogP contribution in [0.3, 0.4) is 0 Å². The molecule has 0 N–H and O–H groups in total. The Hall–Kier alpha value is -0.600. The van der Waals surface area contributed by atoms with E-state index in [1.54, 1.807) is 0 Å². The van der Waals surface area contributed by atoms with Gasteiger partial charge < -0.3 is 0 Å². The molecule has 0 bridgehead atoms. The van der Waals surface area contributed by atoms with E-state index >= 15 is 0 Å². The third kappa shape index (κ3) is 3.93. The summed E-state index contributed by atoms with van der Waals surface area (Å²) in [6.45, 7) is 8.96. The predicted molar refractivity (Wildman–Crippen MR) is 89.6 cm³/mol. The minimum absolute atomic E-state index is 0.249.